The van der Waals surface area contributed by atoms with Gasteiger partial charge in [0.2, 0.25) is 0 Å². The van der Waals surface area contributed by atoms with Crippen LogP contribution in [0.1, 0.15) is 21.5 Å². The van der Waals surface area contributed by atoms with Crippen molar-refractivity contribution in [2.75, 3.05) is 0 Å². The van der Waals surface area contributed by atoms with Gasteiger partial charge in [0.15, 0.2) is 0 Å². The molecule has 2 aromatic carbocycles. The number of nitro groups is 1. The Labute approximate surface area is 157 Å². The first-order valence-corrected chi connectivity index (χ1v) is 8.47. The number of benzene rings is 2. The molecule has 1 aliphatic rings. The number of hydrogen-bond acceptors (Lipinski definition) is 7. The zero-order valence-corrected chi connectivity index (χ0v) is 14.5. The number of aromatic carboxylic acids is 1. The fourth-order valence-electron chi connectivity index (χ4n) is 2.53. The smallest absolute Gasteiger partial charge is 0.293 e. The van der Waals surface area contributed by atoms with Crippen molar-refractivity contribution in [1.82, 2.24) is 4.90 Å². The number of amides is 2. The quantitative estimate of drug-likeness (QED) is 0.441. The topological polar surface area (TPSA) is 121 Å². The van der Waals surface area contributed by atoms with Crippen LogP contribution in [-0.2, 0) is 11.3 Å². The van der Waals surface area contributed by atoms with Gasteiger partial charge in [-0.25, -0.2) is 0 Å². The number of nitrogens with zero attached hydrogens (tertiary/aromatic N) is 2. The number of hydrogen-bond donors (Lipinski definition) is 0. The minimum Gasteiger partial charge on any atom is -0.545 e. The molecule has 1 fully saturated rings. The van der Waals surface area contributed by atoms with Gasteiger partial charge in [-0.2, -0.15) is 0 Å². The summed E-state index contributed by atoms with van der Waals surface area (Å²) in [5.41, 5.74) is 0.429. The first kappa shape index (κ1) is 18.3. The number of thioether (sulfide) groups is 1. The third-order valence-corrected chi connectivity index (χ3v) is 4.70. The van der Waals surface area contributed by atoms with Crippen LogP contribution in [0.2, 0.25) is 0 Å². The van der Waals surface area contributed by atoms with Crippen molar-refractivity contribution in [3.05, 3.63) is 80.2 Å². The van der Waals surface area contributed by atoms with Gasteiger partial charge in [-0.3, -0.25) is 24.6 Å². The van der Waals surface area contributed by atoms with Crippen molar-refractivity contribution < 1.29 is 24.4 Å². The number of nitro benzene ring substituents is 1. The van der Waals surface area contributed by atoms with Gasteiger partial charge in [0.1, 0.15) is 0 Å². The maximum Gasteiger partial charge on any atom is 0.293 e. The second kappa shape index (κ2) is 7.42. The molecule has 1 aliphatic heterocycles. The summed E-state index contributed by atoms with van der Waals surface area (Å²) in [5, 5.41) is 21.5. The minimum atomic E-state index is -1.36. The molecule has 0 N–H and O–H groups in total. The van der Waals surface area contributed by atoms with E-state index in [0.29, 0.717) is 17.3 Å². The van der Waals surface area contributed by atoms with Gasteiger partial charge in [0.25, 0.3) is 16.8 Å². The van der Waals surface area contributed by atoms with Crippen molar-refractivity contribution in [3.8, 4) is 0 Å². The zero-order chi connectivity index (χ0) is 19.6. The first-order valence-electron chi connectivity index (χ1n) is 7.66. The molecule has 136 valence electrons. The number of carboxylic acids is 1. The van der Waals surface area contributed by atoms with Crippen LogP contribution in [0.4, 0.5) is 10.5 Å². The van der Waals surface area contributed by atoms with Crippen molar-refractivity contribution in [2.24, 2.45) is 0 Å². The first-order chi connectivity index (χ1) is 12.9. The number of carbonyl (C=O) groups excluding carboxylic acids is 3. The molecule has 2 aromatic rings. The summed E-state index contributed by atoms with van der Waals surface area (Å²) < 4.78 is 0. The van der Waals surface area contributed by atoms with Crippen LogP contribution in [0.15, 0.2) is 53.4 Å². The Kier molecular flexibility index (Phi) is 5.04. The monoisotopic (exact) mass is 383 g/mol. The Balaban J connectivity index is 1.87. The van der Waals surface area contributed by atoms with E-state index >= 15 is 0 Å². The molecule has 2 amide bonds. The van der Waals surface area contributed by atoms with Gasteiger partial charge >= 0.3 is 0 Å². The number of imide groups is 1. The van der Waals surface area contributed by atoms with Crippen LogP contribution >= 0.6 is 11.8 Å². The lowest BCUT2D eigenvalue weighted by Gasteiger charge is -2.13. The van der Waals surface area contributed by atoms with Crippen molar-refractivity contribution in [1.29, 1.82) is 0 Å². The van der Waals surface area contributed by atoms with Gasteiger partial charge in [0, 0.05) is 6.07 Å². The summed E-state index contributed by atoms with van der Waals surface area (Å²) in [5.74, 6) is -1.95. The molecule has 0 spiro atoms. The Hall–Kier alpha value is -3.46. The van der Waals surface area contributed by atoms with Gasteiger partial charge < -0.3 is 9.90 Å². The summed E-state index contributed by atoms with van der Waals surface area (Å²) in [4.78, 5) is 47.2. The lowest BCUT2D eigenvalue weighted by molar-refractivity contribution is -0.385. The Morgan fingerprint density at radius 3 is 2.59 bits per heavy atom. The Bertz CT molecular complexity index is 1000. The van der Waals surface area contributed by atoms with Crippen LogP contribution in [-0.4, -0.2) is 26.9 Å². The zero-order valence-electron chi connectivity index (χ0n) is 13.7. The highest BCUT2D eigenvalue weighted by molar-refractivity contribution is 8.18. The minimum absolute atomic E-state index is 0.0603. The van der Waals surface area contributed by atoms with Crippen LogP contribution in [0.25, 0.3) is 6.08 Å². The molecule has 0 aromatic heterocycles. The van der Waals surface area contributed by atoms with Gasteiger partial charge in [-0.05, 0) is 41.1 Å². The Morgan fingerprint density at radius 2 is 1.89 bits per heavy atom. The maximum absolute atomic E-state index is 12.5. The standard InChI is InChI=1S/C18H12N2O6S/c21-16-15(9-12-5-1-2-7-14(12)20(25)26)27-18(24)19(16)10-11-4-3-6-13(8-11)17(22)23/h1-9H,10H2,(H,22,23)/p-1/b15-9-. The van der Waals surface area contributed by atoms with Gasteiger partial charge in [-0.1, -0.05) is 30.3 Å². The average molecular weight is 383 g/mol. The molecule has 3 rings (SSSR count). The molecule has 1 heterocycles. The van der Waals surface area contributed by atoms with Crippen LogP contribution in [0.5, 0.6) is 0 Å². The molecular formula is C18H11N2O6S-. The van der Waals surface area contributed by atoms with Crippen molar-refractivity contribution in [3.63, 3.8) is 0 Å². The second-order valence-corrected chi connectivity index (χ2v) is 6.56. The summed E-state index contributed by atoms with van der Waals surface area (Å²) in [6.07, 6.45) is 1.31. The van der Waals surface area contributed by atoms with Crippen LogP contribution in [0.3, 0.4) is 0 Å². The normalized spacial score (nSPS) is 15.4. The molecule has 0 radical (unpaired) electrons. The molecule has 0 bridgehead atoms. The van der Waals surface area contributed by atoms with Crippen LogP contribution in [0, 0.1) is 10.1 Å². The Morgan fingerprint density at radius 1 is 1.15 bits per heavy atom. The summed E-state index contributed by atoms with van der Waals surface area (Å²) in [6, 6.07) is 11.6. The third-order valence-electron chi connectivity index (χ3n) is 3.80. The molecular weight excluding hydrogens is 372 g/mol. The summed E-state index contributed by atoms with van der Waals surface area (Å²) in [6.45, 7) is -0.111. The molecule has 0 aliphatic carbocycles. The maximum atomic E-state index is 12.5. The van der Waals surface area contributed by atoms with Crippen molar-refractivity contribution >= 4 is 40.6 Å². The van der Waals surface area contributed by atoms with Gasteiger partial charge in [0.05, 0.1) is 27.9 Å². The van der Waals surface area contributed by atoms with E-state index in [-0.39, 0.29) is 28.3 Å². The predicted molar refractivity (Wildman–Crippen MR) is 95.4 cm³/mol. The van der Waals surface area contributed by atoms with E-state index in [2.05, 4.69) is 0 Å². The van der Waals surface area contributed by atoms with E-state index < -0.39 is 22.0 Å². The number of para-hydroxylation sites is 1. The number of carbonyl (C=O) groups is 3. The fourth-order valence-corrected chi connectivity index (χ4v) is 3.36. The molecule has 0 saturated carbocycles. The van der Waals surface area contributed by atoms with Crippen LogP contribution < -0.4 is 5.11 Å². The SMILES string of the molecule is O=C([O-])c1cccc(CN2C(=O)S/C(=C\c3ccccc3[N+](=O)[O-])C2=O)c1. The molecule has 0 atom stereocenters. The lowest BCUT2D eigenvalue weighted by Crippen LogP contribution is -2.28. The summed E-state index contributed by atoms with van der Waals surface area (Å²) >= 11 is 0.674. The van der Waals surface area contributed by atoms with Gasteiger partial charge in [-0.15, -0.1) is 0 Å². The predicted octanol–water partition coefficient (Wildman–Crippen LogP) is 2.19. The molecule has 9 heteroatoms. The van der Waals surface area contributed by atoms with E-state index in [1.165, 1.54) is 42.5 Å². The van der Waals surface area contributed by atoms with E-state index in [0.717, 1.165) is 4.90 Å². The number of rotatable bonds is 5. The highest BCUT2D eigenvalue weighted by atomic mass is 32.2. The third kappa shape index (κ3) is 3.87. The largest absolute Gasteiger partial charge is 0.545 e. The lowest BCUT2D eigenvalue weighted by atomic mass is 10.1. The molecule has 1 saturated heterocycles. The molecule has 0 unspecified atom stereocenters. The van der Waals surface area contributed by atoms with Crippen molar-refractivity contribution in [2.45, 2.75) is 6.54 Å². The molecule has 27 heavy (non-hydrogen) atoms. The fraction of sp³-hybridized carbons (Fsp3) is 0.0556. The molecule has 8 nitrogen and oxygen atoms in total. The average Bonchev–Trinajstić information content (AvgIpc) is 2.89. The highest BCUT2D eigenvalue weighted by Crippen LogP contribution is 2.34. The summed E-state index contributed by atoms with van der Waals surface area (Å²) in [7, 11) is 0. The highest BCUT2D eigenvalue weighted by Gasteiger charge is 2.35. The number of carboxylic acid groups (broad SMARTS) is 1. The van der Waals surface area contributed by atoms with E-state index in [4.69, 9.17) is 0 Å². The van der Waals surface area contributed by atoms with E-state index in [9.17, 15) is 29.6 Å². The second-order valence-electron chi connectivity index (χ2n) is 5.57. The van der Waals surface area contributed by atoms with E-state index in [1.807, 2.05) is 0 Å². The van der Waals surface area contributed by atoms with E-state index in [1.54, 1.807) is 12.1 Å².